The van der Waals surface area contributed by atoms with Crippen LogP contribution in [0.25, 0.3) is 0 Å². The molecular formula is C13H12F3NO3. The van der Waals surface area contributed by atoms with Gasteiger partial charge >= 0.3 is 12.1 Å². The lowest BCUT2D eigenvalue weighted by Gasteiger charge is -2.21. The van der Waals surface area contributed by atoms with Crippen molar-refractivity contribution in [1.82, 2.24) is 4.90 Å². The number of benzene rings is 1. The van der Waals surface area contributed by atoms with Gasteiger partial charge in [-0.1, -0.05) is 0 Å². The van der Waals surface area contributed by atoms with Gasteiger partial charge in [0.1, 0.15) is 6.04 Å². The molecule has 1 fully saturated rings. The van der Waals surface area contributed by atoms with Crippen molar-refractivity contribution in [2.45, 2.75) is 25.1 Å². The van der Waals surface area contributed by atoms with Crippen LogP contribution in [-0.2, 0) is 11.0 Å². The van der Waals surface area contributed by atoms with Crippen molar-refractivity contribution in [2.75, 3.05) is 6.54 Å². The summed E-state index contributed by atoms with van der Waals surface area (Å²) in [7, 11) is 0. The zero-order chi connectivity index (χ0) is 14.9. The molecule has 0 saturated carbocycles. The quantitative estimate of drug-likeness (QED) is 0.908. The van der Waals surface area contributed by atoms with Gasteiger partial charge in [-0.25, -0.2) is 4.79 Å². The Balaban J connectivity index is 2.19. The Kier molecular flexibility index (Phi) is 3.69. The summed E-state index contributed by atoms with van der Waals surface area (Å²) in [6, 6.07) is 2.88. The van der Waals surface area contributed by atoms with E-state index in [1.165, 1.54) is 4.90 Å². The van der Waals surface area contributed by atoms with E-state index in [4.69, 9.17) is 5.11 Å². The van der Waals surface area contributed by atoms with E-state index in [1.54, 1.807) is 0 Å². The average molecular weight is 287 g/mol. The Hall–Kier alpha value is -2.05. The first-order valence-electron chi connectivity index (χ1n) is 6.02. The summed E-state index contributed by atoms with van der Waals surface area (Å²) < 4.78 is 37.2. The number of alkyl halides is 3. The van der Waals surface area contributed by atoms with Crippen LogP contribution >= 0.6 is 0 Å². The second-order valence-electron chi connectivity index (χ2n) is 4.57. The molecule has 4 nitrogen and oxygen atoms in total. The molecule has 1 saturated heterocycles. The lowest BCUT2D eigenvalue weighted by atomic mass is 10.1. The monoisotopic (exact) mass is 287 g/mol. The van der Waals surface area contributed by atoms with Crippen LogP contribution in [0.5, 0.6) is 0 Å². The second kappa shape index (κ2) is 5.15. The molecule has 0 aromatic heterocycles. The van der Waals surface area contributed by atoms with E-state index >= 15 is 0 Å². The third-order valence-electron chi connectivity index (χ3n) is 3.26. The van der Waals surface area contributed by atoms with Crippen LogP contribution in [0, 0.1) is 0 Å². The Morgan fingerprint density at radius 1 is 1.20 bits per heavy atom. The van der Waals surface area contributed by atoms with Crippen LogP contribution < -0.4 is 0 Å². The second-order valence-corrected chi connectivity index (χ2v) is 4.57. The van der Waals surface area contributed by atoms with Crippen molar-refractivity contribution in [1.29, 1.82) is 0 Å². The number of nitrogens with zero attached hydrogens (tertiary/aromatic N) is 1. The molecule has 1 aromatic carbocycles. The molecule has 0 spiro atoms. The van der Waals surface area contributed by atoms with Crippen LogP contribution in [0.15, 0.2) is 24.3 Å². The fourth-order valence-electron chi connectivity index (χ4n) is 2.23. The van der Waals surface area contributed by atoms with Crippen LogP contribution in [0.2, 0.25) is 0 Å². The third kappa shape index (κ3) is 2.76. The van der Waals surface area contributed by atoms with Crippen LogP contribution in [0.1, 0.15) is 28.8 Å². The summed E-state index contributed by atoms with van der Waals surface area (Å²) >= 11 is 0. The molecule has 1 N–H and O–H groups in total. The van der Waals surface area contributed by atoms with Gasteiger partial charge in [0.2, 0.25) is 0 Å². The summed E-state index contributed by atoms with van der Waals surface area (Å²) in [5.74, 6) is -1.65. The van der Waals surface area contributed by atoms with Gasteiger partial charge in [0.05, 0.1) is 5.56 Å². The fraction of sp³-hybridized carbons (Fsp3) is 0.385. The molecule has 1 aliphatic rings. The molecule has 2 rings (SSSR count). The molecule has 0 aliphatic carbocycles. The highest BCUT2D eigenvalue weighted by Crippen LogP contribution is 2.29. The number of rotatable bonds is 2. The van der Waals surface area contributed by atoms with E-state index in [9.17, 15) is 22.8 Å². The Bertz CT molecular complexity index is 525. The highest BCUT2D eigenvalue weighted by molar-refractivity contribution is 5.97. The molecule has 1 heterocycles. The van der Waals surface area contributed by atoms with Crippen LogP contribution in [-0.4, -0.2) is 34.5 Å². The number of halogens is 3. The predicted molar refractivity (Wildman–Crippen MR) is 63.1 cm³/mol. The SMILES string of the molecule is O=C(O)C1CCCN1C(=O)c1ccc(C(F)(F)F)cc1. The number of hydrogen-bond acceptors (Lipinski definition) is 2. The van der Waals surface area contributed by atoms with Crippen LogP contribution in [0.4, 0.5) is 13.2 Å². The van der Waals surface area contributed by atoms with Crippen molar-refractivity contribution in [3.63, 3.8) is 0 Å². The highest BCUT2D eigenvalue weighted by atomic mass is 19.4. The van der Waals surface area contributed by atoms with Gasteiger partial charge in [-0.05, 0) is 37.1 Å². The highest BCUT2D eigenvalue weighted by Gasteiger charge is 2.35. The maximum absolute atomic E-state index is 12.4. The molecule has 1 unspecified atom stereocenters. The molecule has 0 radical (unpaired) electrons. The molecule has 1 atom stereocenters. The molecule has 108 valence electrons. The smallest absolute Gasteiger partial charge is 0.416 e. The Morgan fingerprint density at radius 3 is 2.30 bits per heavy atom. The summed E-state index contributed by atoms with van der Waals surface area (Å²) in [5.41, 5.74) is -0.781. The standard InChI is InChI=1S/C13H12F3NO3/c14-13(15,16)9-5-3-8(4-6-9)11(18)17-7-1-2-10(17)12(19)20/h3-6,10H,1-2,7H2,(H,19,20). The maximum Gasteiger partial charge on any atom is 0.416 e. The van der Waals surface area contributed by atoms with Gasteiger partial charge in [0.15, 0.2) is 0 Å². The van der Waals surface area contributed by atoms with Gasteiger partial charge < -0.3 is 10.0 Å². The number of carboxylic acid groups (broad SMARTS) is 1. The molecule has 0 bridgehead atoms. The van der Waals surface area contributed by atoms with Gasteiger partial charge in [-0.3, -0.25) is 4.79 Å². The molecular weight excluding hydrogens is 275 g/mol. The topological polar surface area (TPSA) is 57.6 Å². The third-order valence-corrected chi connectivity index (χ3v) is 3.26. The first-order valence-corrected chi connectivity index (χ1v) is 6.02. The van der Waals surface area contributed by atoms with Gasteiger partial charge in [-0.15, -0.1) is 0 Å². The van der Waals surface area contributed by atoms with E-state index in [0.717, 1.165) is 24.3 Å². The van der Waals surface area contributed by atoms with Crippen molar-refractivity contribution in [3.05, 3.63) is 35.4 Å². The number of aliphatic carboxylic acids is 1. The van der Waals surface area contributed by atoms with Crippen molar-refractivity contribution >= 4 is 11.9 Å². The average Bonchev–Trinajstić information content (AvgIpc) is 2.86. The minimum Gasteiger partial charge on any atom is -0.480 e. The number of amides is 1. The van der Waals surface area contributed by atoms with Crippen molar-refractivity contribution in [2.24, 2.45) is 0 Å². The van der Waals surface area contributed by atoms with E-state index in [1.807, 2.05) is 0 Å². The van der Waals surface area contributed by atoms with Crippen LogP contribution in [0.3, 0.4) is 0 Å². The van der Waals surface area contributed by atoms with Gasteiger partial charge in [0.25, 0.3) is 5.91 Å². The number of hydrogen-bond donors (Lipinski definition) is 1. The van der Waals surface area contributed by atoms with Crippen molar-refractivity contribution < 1.29 is 27.9 Å². The summed E-state index contributed by atoms with van der Waals surface area (Å²) in [6.07, 6.45) is -3.52. The van der Waals surface area contributed by atoms with E-state index in [0.29, 0.717) is 19.4 Å². The van der Waals surface area contributed by atoms with E-state index in [-0.39, 0.29) is 5.56 Å². The summed E-state index contributed by atoms with van der Waals surface area (Å²) in [4.78, 5) is 24.3. The number of carbonyl (C=O) groups is 2. The zero-order valence-corrected chi connectivity index (χ0v) is 10.4. The van der Waals surface area contributed by atoms with Gasteiger partial charge in [0, 0.05) is 12.1 Å². The minimum absolute atomic E-state index is 0.0613. The Labute approximate surface area is 112 Å². The number of likely N-dealkylation sites (tertiary alicyclic amines) is 1. The summed E-state index contributed by atoms with van der Waals surface area (Å²) in [5, 5.41) is 8.99. The van der Waals surface area contributed by atoms with E-state index in [2.05, 4.69) is 0 Å². The maximum atomic E-state index is 12.4. The number of carbonyl (C=O) groups excluding carboxylic acids is 1. The Morgan fingerprint density at radius 2 is 1.80 bits per heavy atom. The predicted octanol–water partition coefficient (Wildman–Crippen LogP) is 2.39. The van der Waals surface area contributed by atoms with Crippen molar-refractivity contribution in [3.8, 4) is 0 Å². The zero-order valence-electron chi connectivity index (χ0n) is 10.4. The lowest BCUT2D eigenvalue weighted by Crippen LogP contribution is -2.40. The molecule has 1 aliphatic heterocycles. The summed E-state index contributed by atoms with van der Waals surface area (Å²) in [6.45, 7) is 0.302. The number of carboxylic acids is 1. The fourth-order valence-corrected chi connectivity index (χ4v) is 2.23. The first kappa shape index (κ1) is 14.4. The minimum atomic E-state index is -4.46. The molecule has 7 heteroatoms. The lowest BCUT2D eigenvalue weighted by molar-refractivity contribution is -0.141. The molecule has 1 aromatic rings. The normalized spacial score (nSPS) is 19.1. The van der Waals surface area contributed by atoms with Gasteiger partial charge in [-0.2, -0.15) is 13.2 Å². The molecule has 1 amide bonds. The first-order chi connectivity index (χ1) is 9.30. The largest absolute Gasteiger partial charge is 0.480 e. The molecule has 20 heavy (non-hydrogen) atoms. The van der Waals surface area contributed by atoms with E-state index < -0.39 is 29.7 Å².